The van der Waals surface area contributed by atoms with E-state index in [9.17, 15) is 14.4 Å². The van der Waals surface area contributed by atoms with Crippen LogP contribution in [0.15, 0.2) is 16.6 Å². The van der Waals surface area contributed by atoms with E-state index in [0.717, 1.165) is 0 Å². The Balaban J connectivity index is 2.56. The molecule has 1 aromatic rings. The molecular formula is C15H19BrN2O6. The summed E-state index contributed by atoms with van der Waals surface area (Å²) in [6.45, 7) is -0.630. The van der Waals surface area contributed by atoms with Gasteiger partial charge in [0, 0.05) is 11.5 Å². The van der Waals surface area contributed by atoms with Crippen LogP contribution in [0.25, 0.3) is 0 Å². The van der Waals surface area contributed by atoms with E-state index < -0.39 is 18.5 Å². The largest absolute Gasteiger partial charge is 0.493 e. The first kappa shape index (κ1) is 19.8. The molecule has 0 aromatic heterocycles. The van der Waals surface area contributed by atoms with Gasteiger partial charge in [0.15, 0.2) is 18.1 Å². The third kappa shape index (κ3) is 6.07. The summed E-state index contributed by atoms with van der Waals surface area (Å²) in [6.07, 6.45) is -0.0519. The summed E-state index contributed by atoms with van der Waals surface area (Å²) in [7, 11) is 4.45. The summed E-state index contributed by atoms with van der Waals surface area (Å²) >= 11 is 3.34. The van der Waals surface area contributed by atoms with Gasteiger partial charge in [-0.3, -0.25) is 14.4 Å². The molecule has 24 heavy (non-hydrogen) atoms. The van der Waals surface area contributed by atoms with Crippen molar-refractivity contribution in [3.05, 3.63) is 22.2 Å². The van der Waals surface area contributed by atoms with Crippen molar-refractivity contribution in [2.45, 2.75) is 6.42 Å². The Morgan fingerprint density at radius 3 is 2.29 bits per heavy atom. The fourth-order valence-corrected chi connectivity index (χ4v) is 2.17. The van der Waals surface area contributed by atoms with Gasteiger partial charge in [0.1, 0.15) is 0 Å². The Bertz CT molecular complexity index is 620. The second-order valence-electron chi connectivity index (χ2n) is 4.59. The monoisotopic (exact) mass is 402 g/mol. The standard InChI is InChI=1S/C15H19BrN2O6/c1-17-13(19)7-18-14(20)8-24-15(21)5-9-4-11(22-2)12(23-3)6-10(9)16/h4,6H,5,7-8H2,1-3H3,(H,17,19)(H,18,20). The molecule has 0 aliphatic rings. The molecule has 8 nitrogen and oxygen atoms in total. The van der Waals surface area contributed by atoms with Crippen LogP contribution in [0.3, 0.4) is 0 Å². The van der Waals surface area contributed by atoms with Crippen molar-refractivity contribution in [2.75, 3.05) is 34.4 Å². The first-order valence-corrected chi connectivity index (χ1v) is 7.73. The quantitative estimate of drug-likeness (QED) is 0.610. The maximum Gasteiger partial charge on any atom is 0.310 e. The minimum atomic E-state index is -0.585. The molecule has 9 heteroatoms. The van der Waals surface area contributed by atoms with Crippen LogP contribution in [0.5, 0.6) is 11.5 Å². The van der Waals surface area contributed by atoms with Gasteiger partial charge < -0.3 is 24.8 Å². The van der Waals surface area contributed by atoms with Crippen LogP contribution in [0, 0.1) is 0 Å². The summed E-state index contributed by atoms with van der Waals surface area (Å²) in [5.41, 5.74) is 0.628. The van der Waals surface area contributed by atoms with E-state index in [4.69, 9.17) is 14.2 Å². The SMILES string of the molecule is CNC(=O)CNC(=O)COC(=O)Cc1cc(OC)c(OC)cc1Br. The van der Waals surface area contributed by atoms with Gasteiger partial charge in [0.25, 0.3) is 5.91 Å². The normalized spacial score (nSPS) is 9.83. The highest BCUT2D eigenvalue weighted by Crippen LogP contribution is 2.33. The number of ether oxygens (including phenoxy) is 3. The predicted molar refractivity (Wildman–Crippen MR) is 89.0 cm³/mol. The fourth-order valence-electron chi connectivity index (χ4n) is 1.70. The molecule has 0 aliphatic carbocycles. The lowest BCUT2D eigenvalue weighted by Crippen LogP contribution is -2.37. The number of carbonyl (C=O) groups is 3. The fraction of sp³-hybridized carbons (Fsp3) is 0.400. The molecule has 2 N–H and O–H groups in total. The second kappa shape index (κ2) is 9.76. The average molecular weight is 403 g/mol. The van der Waals surface area contributed by atoms with Crippen LogP contribution in [-0.2, 0) is 25.5 Å². The van der Waals surface area contributed by atoms with Gasteiger partial charge in [-0.1, -0.05) is 15.9 Å². The van der Waals surface area contributed by atoms with Crippen LogP contribution < -0.4 is 20.1 Å². The van der Waals surface area contributed by atoms with Gasteiger partial charge in [0.2, 0.25) is 5.91 Å². The van der Waals surface area contributed by atoms with Gasteiger partial charge in [0.05, 0.1) is 27.2 Å². The van der Waals surface area contributed by atoms with Crippen LogP contribution in [-0.4, -0.2) is 52.2 Å². The van der Waals surface area contributed by atoms with Crippen molar-refractivity contribution < 1.29 is 28.6 Å². The Morgan fingerprint density at radius 1 is 1.08 bits per heavy atom. The third-order valence-electron chi connectivity index (χ3n) is 2.98. The molecule has 1 rings (SSSR count). The summed E-state index contributed by atoms with van der Waals surface area (Å²) in [5, 5.41) is 4.68. The van der Waals surface area contributed by atoms with Crippen molar-refractivity contribution in [1.82, 2.24) is 10.6 Å². The van der Waals surface area contributed by atoms with Crippen molar-refractivity contribution in [3.63, 3.8) is 0 Å². The number of amides is 2. The zero-order valence-electron chi connectivity index (χ0n) is 13.6. The highest BCUT2D eigenvalue weighted by Gasteiger charge is 2.14. The molecule has 0 saturated carbocycles. The number of methoxy groups -OCH3 is 2. The van der Waals surface area contributed by atoms with Crippen LogP contribution in [0.4, 0.5) is 0 Å². The molecule has 0 heterocycles. The molecule has 2 amide bonds. The van der Waals surface area contributed by atoms with E-state index in [-0.39, 0.29) is 18.9 Å². The van der Waals surface area contributed by atoms with Crippen molar-refractivity contribution >= 4 is 33.7 Å². The number of halogens is 1. The molecule has 0 atom stereocenters. The molecule has 132 valence electrons. The maximum absolute atomic E-state index is 11.8. The lowest BCUT2D eigenvalue weighted by Gasteiger charge is -2.12. The zero-order chi connectivity index (χ0) is 18.1. The lowest BCUT2D eigenvalue weighted by molar-refractivity contribution is -0.147. The minimum Gasteiger partial charge on any atom is -0.493 e. The predicted octanol–water partition coefficient (Wildman–Crippen LogP) is 0.414. The van der Waals surface area contributed by atoms with E-state index in [1.165, 1.54) is 21.3 Å². The molecular weight excluding hydrogens is 384 g/mol. The molecule has 0 saturated heterocycles. The molecule has 0 spiro atoms. The smallest absolute Gasteiger partial charge is 0.310 e. The first-order chi connectivity index (χ1) is 11.4. The van der Waals surface area contributed by atoms with Crippen molar-refractivity contribution in [2.24, 2.45) is 0 Å². The van der Waals surface area contributed by atoms with Gasteiger partial charge in [-0.25, -0.2) is 0 Å². The molecule has 0 aliphatic heterocycles. The van der Waals surface area contributed by atoms with Crippen LogP contribution >= 0.6 is 15.9 Å². The molecule has 1 aromatic carbocycles. The zero-order valence-corrected chi connectivity index (χ0v) is 15.2. The number of esters is 1. The second-order valence-corrected chi connectivity index (χ2v) is 5.44. The molecule has 0 radical (unpaired) electrons. The molecule has 0 unspecified atom stereocenters. The Morgan fingerprint density at radius 2 is 1.71 bits per heavy atom. The summed E-state index contributed by atoms with van der Waals surface area (Å²) in [5.74, 6) is -0.484. The number of rotatable bonds is 8. The number of nitrogens with one attached hydrogen (secondary N) is 2. The minimum absolute atomic E-state index is 0.0519. The number of hydrogen-bond acceptors (Lipinski definition) is 6. The Labute approximate surface area is 148 Å². The first-order valence-electron chi connectivity index (χ1n) is 6.94. The van der Waals surface area contributed by atoms with Gasteiger partial charge >= 0.3 is 5.97 Å². The summed E-state index contributed by atoms with van der Waals surface area (Å²) in [4.78, 5) is 34.3. The Hall–Kier alpha value is -2.29. The topological polar surface area (TPSA) is 103 Å². The van der Waals surface area contributed by atoms with Crippen molar-refractivity contribution in [3.8, 4) is 11.5 Å². The number of benzene rings is 1. The number of carbonyl (C=O) groups excluding carboxylic acids is 3. The van der Waals surface area contributed by atoms with Crippen LogP contribution in [0.2, 0.25) is 0 Å². The summed E-state index contributed by atoms with van der Waals surface area (Å²) in [6, 6.07) is 3.33. The van der Waals surface area contributed by atoms with Gasteiger partial charge in [-0.15, -0.1) is 0 Å². The lowest BCUT2D eigenvalue weighted by atomic mass is 10.1. The summed E-state index contributed by atoms with van der Waals surface area (Å²) < 4.78 is 15.9. The van der Waals surface area contributed by atoms with Crippen LogP contribution in [0.1, 0.15) is 5.56 Å². The van der Waals surface area contributed by atoms with Gasteiger partial charge in [-0.05, 0) is 17.7 Å². The van der Waals surface area contributed by atoms with E-state index in [2.05, 4.69) is 26.6 Å². The molecule has 0 fully saturated rings. The number of likely N-dealkylation sites (N-methyl/N-ethyl adjacent to an activating group) is 1. The average Bonchev–Trinajstić information content (AvgIpc) is 2.58. The van der Waals surface area contributed by atoms with E-state index in [1.54, 1.807) is 12.1 Å². The molecule has 0 bridgehead atoms. The third-order valence-corrected chi connectivity index (χ3v) is 3.71. The van der Waals surface area contributed by atoms with Crippen molar-refractivity contribution in [1.29, 1.82) is 0 Å². The highest BCUT2D eigenvalue weighted by atomic mass is 79.9. The van der Waals surface area contributed by atoms with Gasteiger partial charge in [-0.2, -0.15) is 0 Å². The Kier molecular flexibility index (Phi) is 8.03. The van der Waals surface area contributed by atoms with E-state index in [1.807, 2.05) is 0 Å². The van der Waals surface area contributed by atoms with E-state index >= 15 is 0 Å². The highest BCUT2D eigenvalue weighted by molar-refractivity contribution is 9.10. The maximum atomic E-state index is 11.8. The number of hydrogen-bond donors (Lipinski definition) is 2. The van der Waals surface area contributed by atoms with E-state index in [0.29, 0.717) is 21.5 Å².